The lowest BCUT2D eigenvalue weighted by Gasteiger charge is -2.34. The molecule has 0 aromatic carbocycles. The Bertz CT molecular complexity index is 496. The SMILES string of the molecule is Cc1cncc(C(=O)N2CCC(C)(C#N)CC2)c1. The van der Waals surface area contributed by atoms with Gasteiger partial charge in [-0.25, -0.2) is 0 Å². The molecule has 1 aliphatic rings. The maximum Gasteiger partial charge on any atom is 0.255 e. The fourth-order valence-electron chi connectivity index (χ4n) is 2.17. The number of rotatable bonds is 1. The molecule has 0 unspecified atom stereocenters. The van der Waals surface area contributed by atoms with Gasteiger partial charge >= 0.3 is 0 Å². The third kappa shape index (κ3) is 2.51. The predicted molar refractivity (Wildman–Crippen MR) is 67.8 cm³/mol. The van der Waals surface area contributed by atoms with Gasteiger partial charge in [0.1, 0.15) is 0 Å². The van der Waals surface area contributed by atoms with E-state index >= 15 is 0 Å². The normalized spacial score (nSPS) is 18.2. The molecule has 1 aliphatic heterocycles. The first-order chi connectivity index (χ1) is 8.54. The molecule has 1 saturated heterocycles. The number of hydrogen-bond acceptors (Lipinski definition) is 3. The monoisotopic (exact) mass is 243 g/mol. The molecular formula is C14H17N3O. The van der Waals surface area contributed by atoms with Crippen LogP contribution in [0.4, 0.5) is 0 Å². The van der Waals surface area contributed by atoms with Crippen LogP contribution in [0.5, 0.6) is 0 Å². The summed E-state index contributed by atoms with van der Waals surface area (Å²) < 4.78 is 0. The second-order valence-electron chi connectivity index (χ2n) is 5.22. The second kappa shape index (κ2) is 4.77. The van der Waals surface area contributed by atoms with Crippen LogP contribution in [0.3, 0.4) is 0 Å². The van der Waals surface area contributed by atoms with Crippen molar-refractivity contribution in [1.29, 1.82) is 5.26 Å². The van der Waals surface area contributed by atoms with Crippen molar-refractivity contribution in [3.8, 4) is 6.07 Å². The fourth-order valence-corrected chi connectivity index (χ4v) is 2.17. The van der Waals surface area contributed by atoms with E-state index in [4.69, 9.17) is 5.26 Å². The predicted octanol–water partition coefficient (Wildman–Crippen LogP) is 2.16. The summed E-state index contributed by atoms with van der Waals surface area (Å²) in [4.78, 5) is 18.1. The van der Waals surface area contributed by atoms with Gasteiger partial charge in [0.15, 0.2) is 0 Å². The number of aromatic nitrogens is 1. The quantitative estimate of drug-likeness (QED) is 0.759. The summed E-state index contributed by atoms with van der Waals surface area (Å²) >= 11 is 0. The maximum absolute atomic E-state index is 12.3. The molecule has 0 N–H and O–H groups in total. The first kappa shape index (κ1) is 12.6. The molecule has 0 atom stereocenters. The molecule has 18 heavy (non-hydrogen) atoms. The first-order valence-corrected chi connectivity index (χ1v) is 6.16. The number of piperidine rings is 1. The molecule has 1 amide bonds. The van der Waals surface area contributed by atoms with Crippen LogP contribution in [0.1, 0.15) is 35.7 Å². The van der Waals surface area contributed by atoms with Crippen LogP contribution in [0, 0.1) is 23.7 Å². The number of amides is 1. The fraction of sp³-hybridized carbons (Fsp3) is 0.500. The third-order valence-electron chi connectivity index (χ3n) is 3.55. The largest absolute Gasteiger partial charge is 0.338 e. The summed E-state index contributed by atoms with van der Waals surface area (Å²) in [6.07, 6.45) is 4.83. The molecule has 1 aromatic heterocycles. The van der Waals surface area contributed by atoms with Crippen LogP contribution >= 0.6 is 0 Å². The zero-order valence-electron chi connectivity index (χ0n) is 10.8. The molecule has 1 aromatic rings. The Morgan fingerprint density at radius 2 is 2.11 bits per heavy atom. The van der Waals surface area contributed by atoms with Gasteiger partial charge < -0.3 is 4.90 Å². The van der Waals surface area contributed by atoms with Crippen LogP contribution in [-0.2, 0) is 0 Å². The topological polar surface area (TPSA) is 57.0 Å². The van der Waals surface area contributed by atoms with Crippen molar-refractivity contribution in [2.45, 2.75) is 26.7 Å². The molecule has 2 heterocycles. The Kier molecular flexibility index (Phi) is 3.33. The van der Waals surface area contributed by atoms with Gasteiger partial charge in [0, 0.05) is 25.5 Å². The van der Waals surface area contributed by atoms with Gasteiger partial charge in [0.2, 0.25) is 0 Å². The van der Waals surface area contributed by atoms with Crippen molar-refractivity contribution < 1.29 is 4.79 Å². The smallest absolute Gasteiger partial charge is 0.255 e. The molecule has 94 valence electrons. The summed E-state index contributed by atoms with van der Waals surface area (Å²) in [7, 11) is 0. The van der Waals surface area contributed by atoms with Gasteiger partial charge in [-0.15, -0.1) is 0 Å². The van der Waals surface area contributed by atoms with Crippen molar-refractivity contribution in [3.63, 3.8) is 0 Å². The summed E-state index contributed by atoms with van der Waals surface area (Å²) in [5.74, 6) is 0.0196. The summed E-state index contributed by atoms with van der Waals surface area (Å²) in [5, 5.41) is 9.07. The van der Waals surface area contributed by atoms with Crippen molar-refractivity contribution in [2.75, 3.05) is 13.1 Å². The zero-order chi connectivity index (χ0) is 13.2. The van der Waals surface area contributed by atoms with Gasteiger partial charge in [0.25, 0.3) is 5.91 Å². The van der Waals surface area contributed by atoms with Gasteiger partial charge in [-0.05, 0) is 38.3 Å². The lowest BCUT2D eigenvalue weighted by molar-refractivity contribution is 0.0661. The lowest BCUT2D eigenvalue weighted by Crippen LogP contribution is -2.41. The molecule has 0 aliphatic carbocycles. The van der Waals surface area contributed by atoms with Crippen LogP contribution in [0.15, 0.2) is 18.5 Å². The second-order valence-corrected chi connectivity index (χ2v) is 5.22. The van der Waals surface area contributed by atoms with Gasteiger partial charge in [0.05, 0.1) is 17.0 Å². The molecule has 0 radical (unpaired) electrons. The first-order valence-electron chi connectivity index (χ1n) is 6.16. The minimum atomic E-state index is -0.276. The van der Waals surface area contributed by atoms with Crippen molar-refractivity contribution >= 4 is 5.91 Å². The molecule has 2 rings (SSSR count). The number of nitrogens with zero attached hydrogens (tertiary/aromatic N) is 3. The highest BCUT2D eigenvalue weighted by atomic mass is 16.2. The van der Waals surface area contributed by atoms with Gasteiger partial charge in [-0.1, -0.05) is 0 Å². The highest BCUT2D eigenvalue weighted by molar-refractivity contribution is 5.94. The van der Waals surface area contributed by atoms with Crippen molar-refractivity contribution in [1.82, 2.24) is 9.88 Å². The maximum atomic E-state index is 12.3. The van der Waals surface area contributed by atoms with Crippen LogP contribution in [-0.4, -0.2) is 28.9 Å². The summed E-state index contributed by atoms with van der Waals surface area (Å²) in [5.41, 5.74) is 1.34. The summed E-state index contributed by atoms with van der Waals surface area (Å²) in [6.45, 7) is 5.18. The molecule has 0 saturated carbocycles. The number of carbonyl (C=O) groups excluding carboxylic acids is 1. The molecule has 1 fully saturated rings. The number of carbonyl (C=O) groups is 1. The average molecular weight is 243 g/mol. The number of likely N-dealkylation sites (tertiary alicyclic amines) is 1. The Morgan fingerprint density at radius 1 is 1.44 bits per heavy atom. The van der Waals surface area contributed by atoms with E-state index in [2.05, 4.69) is 11.1 Å². The van der Waals surface area contributed by atoms with Crippen molar-refractivity contribution in [2.24, 2.45) is 5.41 Å². The Labute approximate surface area is 107 Å². The Balaban J connectivity index is 2.07. The average Bonchev–Trinajstić information content (AvgIpc) is 2.39. The van der Waals surface area contributed by atoms with E-state index in [1.54, 1.807) is 12.4 Å². The van der Waals surface area contributed by atoms with Crippen LogP contribution in [0.25, 0.3) is 0 Å². The minimum Gasteiger partial charge on any atom is -0.338 e. The zero-order valence-corrected chi connectivity index (χ0v) is 10.8. The highest BCUT2D eigenvalue weighted by Gasteiger charge is 2.32. The van der Waals surface area contributed by atoms with Crippen molar-refractivity contribution in [3.05, 3.63) is 29.6 Å². The number of nitriles is 1. The minimum absolute atomic E-state index is 0.0196. The molecule has 4 heteroatoms. The molecule has 0 bridgehead atoms. The lowest BCUT2D eigenvalue weighted by atomic mass is 9.82. The number of aryl methyl sites for hydroxylation is 1. The van der Waals surface area contributed by atoms with E-state index < -0.39 is 0 Å². The van der Waals surface area contributed by atoms with Gasteiger partial charge in [-0.2, -0.15) is 5.26 Å². The molecule has 0 spiro atoms. The highest BCUT2D eigenvalue weighted by Crippen LogP contribution is 2.30. The number of hydrogen-bond donors (Lipinski definition) is 0. The van der Waals surface area contributed by atoms with E-state index in [-0.39, 0.29) is 11.3 Å². The van der Waals surface area contributed by atoms with E-state index in [9.17, 15) is 4.79 Å². The van der Waals surface area contributed by atoms with E-state index in [0.29, 0.717) is 18.7 Å². The third-order valence-corrected chi connectivity index (χ3v) is 3.55. The summed E-state index contributed by atoms with van der Waals surface area (Å²) in [6, 6.07) is 4.19. The standard InChI is InChI=1S/C14H17N3O/c1-11-7-12(9-16-8-11)13(18)17-5-3-14(2,10-15)4-6-17/h7-9H,3-6H2,1-2H3. The van der Waals surface area contributed by atoms with E-state index in [1.807, 2.05) is 24.8 Å². The molecular weight excluding hydrogens is 226 g/mol. The van der Waals surface area contributed by atoms with Crippen LogP contribution in [0.2, 0.25) is 0 Å². The van der Waals surface area contributed by atoms with Gasteiger partial charge in [-0.3, -0.25) is 9.78 Å². The Hall–Kier alpha value is -1.89. The van der Waals surface area contributed by atoms with Crippen LogP contribution < -0.4 is 0 Å². The van der Waals surface area contributed by atoms with E-state index in [1.165, 1.54) is 0 Å². The van der Waals surface area contributed by atoms with E-state index in [0.717, 1.165) is 18.4 Å². The number of pyridine rings is 1. The molecule has 4 nitrogen and oxygen atoms in total. The Morgan fingerprint density at radius 3 is 2.67 bits per heavy atom.